The molecular formula is C15H24ClN3O4. The Kier molecular flexibility index (Phi) is 8.56. The quantitative estimate of drug-likeness (QED) is 0.555. The molecule has 130 valence electrons. The highest BCUT2D eigenvalue weighted by atomic mass is 35.5. The van der Waals surface area contributed by atoms with Crippen LogP contribution in [-0.2, 0) is 4.79 Å². The molecule has 0 fully saturated rings. The Morgan fingerprint density at radius 1 is 1.43 bits per heavy atom. The van der Waals surface area contributed by atoms with Gasteiger partial charge in [-0.25, -0.2) is 0 Å². The third kappa shape index (κ3) is 6.03. The van der Waals surface area contributed by atoms with Crippen LogP contribution in [-0.4, -0.2) is 29.5 Å². The first kappa shape index (κ1) is 21.1. The zero-order chi connectivity index (χ0) is 16.8. The molecule has 0 aliphatic rings. The van der Waals surface area contributed by atoms with Crippen molar-refractivity contribution in [2.75, 3.05) is 13.2 Å². The van der Waals surface area contributed by atoms with E-state index in [4.69, 9.17) is 10.5 Å². The van der Waals surface area contributed by atoms with E-state index >= 15 is 0 Å². The van der Waals surface area contributed by atoms with Crippen molar-refractivity contribution < 1.29 is 14.5 Å². The average molecular weight is 346 g/mol. The molecule has 0 saturated heterocycles. The summed E-state index contributed by atoms with van der Waals surface area (Å²) < 4.78 is 5.34. The fourth-order valence-corrected chi connectivity index (χ4v) is 1.80. The maximum Gasteiger partial charge on any atom is 0.310 e. The topological polar surface area (TPSA) is 107 Å². The largest absolute Gasteiger partial charge is 0.486 e. The van der Waals surface area contributed by atoms with Crippen LogP contribution in [0, 0.1) is 16.0 Å². The Labute approximate surface area is 142 Å². The molecule has 1 rings (SSSR count). The van der Waals surface area contributed by atoms with E-state index in [1.54, 1.807) is 12.1 Å². The summed E-state index contributed by atoms with van der Waals surface area (Å²) in [5, 5.41) is 13.7. The number of nitrogens with one attached hydrogen (secondary N) is 1. The first-order chi connectivity index (χ1) is 10.3. The van der Waals surface area contributed by atoms with Crippen molar-refractivity contribution in [3.8, 4) is 5.75 Å². The average Bonchev–Trinajstić information content (AvgIpc) is 2.47. The lowest BCUT2D eigenvalue weighted by Gasteiger charge is -2.33. The third-order valence-electron chi connectivity index (χ3n) is 3.77. The molecule has 8 heteroatoms. The fraction of sp³-hybridized carbons (Fsp3) is 0.533. The van der Waals surface area contributed by atoms with Gasteiger partial charge in [0.2, 0.25) is 5.91 Å². The lowest BCUT2D eigenvalue weighted by Crippen LogP contribution is -2.55. The SMILES string of the molecule is CC(C)C(C)(CN)NC(=O)CCOc1ccccc1[N+](=O)[O-].Cl. The number of hydrogen-bond donors (Lipinski definition) is 2. The number of nitro benzene ring substituents is 1. The van der Waals surface area contributed by atoms with Gasteiger partial charge in [0, 0.05) is 12.6 Å². The van der Waals surface area contributed by atoms with Gasteiger partial charge in [-0.05, 0) is 18.9 Å². The van der Waals surface area contributed by atoms with Crippen molar-refractivity contribution in [1.82, 2.24) is 5.32 Å². The minimum atomic E-state index is -0.514. The number of carbonyl (C=O) groups is 1. The van der Waals surface area contributed by atoms with Gasteiger partial charge in [0.1, 0.15) is 0 Å². The molecule has 0 aliphatic heterocycles. The van der Waals surface area contributed by atoms with Crippen molar-refractivity contribution in [3.05, 3.63) is 34.4 Å². The fourth-order valence-electron chi connectivity index (χ4n) is 1.80. The van der Waals surface area contributed by atoms with Gasteiger partial charge in [-0.2, -0.15) is 0 Å². The molecule has 0 heterocycles. The number of benzene rings is 1. The minimum absolute atomic E-state index is 0. The van der Waals surface area contributed by atoms with Crippen LogP contribution < -0.4 is 15.8 Å². The molecule has 0 aliphatic carbocycles. The van der Waals surface area contributed by atoms with Gasteiger partial charge >= 0.3 is 5.69 Å². The van der Waals surface area contributed by atoms with E-state index < -0.39 is 10.5 Å². The first-order valence-electron chi connectivity index (χ1n) is 7.17. The second kappa shape index (κ2) is 9.32. The Morgan fingerprint density at radius 3 is 2.57 bits per heavy atom. The summed E-state index contributed by atoms with van der Waals surface area (Å²) in [7, 11) is 0. The van der Waals surface area contributed by atoms with Crippen LogP contribution in [0.25, 0.3) is 0 Å². The number of hydrogen-bond acceptors (Lipinski definition) is 5. The molecule has 1 aromatic carbocycles. The van der Waals surface area contributed by atoms with Gasteiger partial charge in [0.15, 0.2) is 5.75 Å². The highest BCUT2D eigenvalue weighted by Gasteiger charge is 2.28. The molecule has 0 bridgehead atoms. The van der Waals surface area contributed by atoms with E-state index in [1.807, 2.05) is 20.8 Å². The minimum Gasteiger partial charge on any atom is -0.486 e. The Hall–Kier alpha value is -1.86. The maximum atomic E-state index is 12.0. The van der Waals surface area contributed by atoms with E-state index in [0.717, 1.165) is 0 Å². The Morgan fingerprint density at radius 2 is 2.04 bits per heavy atom. The van der Waals surface area contributed by atoms with E-state index in [9.17, 15) is 14.9 Å². The predicted octanol–water partition coefficient (Wildman–Crippen LogP) is 2.28. The summed E-state index contributed by atoms with van der Waals surface area (Å²) in [5.41, 5.74) is 5.12. The van der Waals surface area contributed by atoms with Gasteiger partial charge in [0.25, 0.3) is 0 Å². The maximum absolute atomic E-state index is 12.0. The molecule has 0 saturated carbocycles. The summed E-state index contributed by atoms with van der Waals surface area (Å²) >= 11 is 0. The second-order valence-electron chi connectivity index (χ2n) is 5.65. The molecule has 3 N–H and O–H groups in total. The summed E-state index contributed by atoms with van der Waals surface area (Å²) in [5.74, 6) is 0.156. The van der Waals surface area contributed by atoms with Crippen LogP contribution >= 0.6 is 12.4 Å². The van der Waals surface area contributed by atoms with Gasteiger partial charge in [-0.15, -0.1) is 12.4 Å². The standard InChI is InChI=1S/C15H23N3O4.ClH/c1-11(2)15(3,10-16)17-14(19)8-9-22-13-7-5-4-6-12(13)18(20)21;/h4-7,11H,8-10,16H2,1-3H3,(H,17,19);1H. The molecule has 0 aromatic heterocycles. The van der Waals surface area contributed by atoms with Crippen molar-refractivity contribution >= 4 is 24.0 Å². The second-order valence-corrected chi connectivity index (χ2v) is 5.65. The first-order valence-corrected chi connectivity index (χ1v) is 7.17. The smallest absolute Gasteiger partial charge is 0.310 e. The van der Waals surface area contributed by atoms with Crippen LogP contribution in [0.4, 0.5) is 5.69 Å². The Bertz CT molecular complexity index is 539. The van der Waals surface area contributed by atoms with Crippen molar-refractivity contribution in [1.29, 1.82) is 0 Å². The lowest BCUT2D eigenvalue weighted by molar-refractivity contribution is -0.385. The van der Waals surface area contributed by atoms with Gasteiger partial charge in [0.05, 0.1) is 23.5 Å². The number of nitrogens with two attached hydrogens (primary N) is 1. The molecule has 0 spiro atoms. The highest BCUT2D eigenvalue weighted by Crippen LogP contribution is 2.25. The molecule has 7 nitrogen and oxygen atoms in total. The third-order valence-corrected chi connectivity index (χ3v) is 3.77. The van der Waals surface area contributed by atoms with E-state index in [1.165, 1.54) is 12.1 Å². The number of para-hydroxylation sites is 2. The Balaban J connectivity index is 0.00000484. The molecule has 1 unspecified atom stereocenters. The molecular weight excluding hydrogens is 322 g/mol. The normalized spacial score (nSPS) is 12.9. The van der Waals surface area contributed by atoms with Crippen LogP contribution in [0.1, 0.15) is 27.2 Å². The molecule has 1 aromatic rings. The van der Waals surface area contributed by atoms with Crippen LogP contribution in [0.3, 0.4) is 0 Å². The zero-order valence-electron chi connectivity index (χ0n) is 13.6. The van der Waals surface area contributed by atoms with E-state index in [2.05, 4.69) is 5.32 Å². The van der Waals surface area contributed by atoms with Gasteiger partial charge in [-0.3, -0.25) is 14.9 Å². The molecule has 1 amide bonds. The number of ether oxygens (including phenoxy) is 1. The summed E-state index contributed by atoms with van der Waals surface area (Å²) in [6.07, 6.45) is 0.106. The summed E-state index contributed by atoms with van der Waals surface area (Å²) in [4.78, 5) is 22.3. The molecule has 1 atom stereocenters. The number of amides is 1. The summed E-state index contributed by atoms with van der Waals surface area (Å²) in [6.45, 7) is 6.25. The predicted molar refractivity (Wildman–Crippen MR) is 90.9 cm³/mol. The van der Waals surface area contributed by atoms with Crippen LogP contribution in [0.15, 0.2) is 24.3 Å². The number of nitrogens with zero attached hydrogens (tertiary/aromatic N) is 1. The van der Waals surface area contributed by atoms with E-state index in [-0.39, 0.29) is 48.7 Å². The van der Waals surface area contributed by atoms with Gasteiger partial charge in [-0.1, -0.05) is 26.0 Å². The van der Waals surface area contributed by atoms with Crippen LogP contribution in [0.2, 0.25) is 0 Å². The van der Waals surface area contributed by atoms with Crippen molar-refractivity contribution in [2.45, 2.75) is 32.7 Å². The number of halogens is 1. The summed E-state index contributed by atoms with van der Waals surface area (Å²) in [6, 6.07) is 6.08. The van der Waals surface area contributed by atoms with Crippen LogP contribution in [0.5, 0.6) is 5.75 Å². The molecule has 0 radical (unpaired) electrons. The monoisotopic (exact) mass is 345 g/mol. The number of nitro groups is 1. The van der Waals surface area contributed by atoms with Gasteiger partial charge < -0.3 is 15.8 Å². The highest BCUT2D eigenvalue weighted by molar-refractivity contribution is 5.85. The lowest BCUT2D eigenvalue weighted by atomic mass is 9.88. The van der Waals surface area contributed by atoms with Crippen molar-refractivity contribution in [2.24, 2.45) is 11.7 Å². The zero-order valence-corrected chi connectivity index (χ0v) is 14.4. The number of carbonyl (C=O) groups excluding carboxylic acids is 1. The molecule has 23 heavy (non-hydrogen) atoms. The van der Waals surface area contributed by atoms with E-state index in [0.29, 0.717) is 6.54 Å². The number of rotatable bonds is 8. The van der Waals surface area contributed by atoms with Crippen molar-refractivity contribution in [3.63, 3.8) is 0 Å².